The average molecular weight is 485 g/mol. The molecule has 4 saturated carbocycles. The first-order chi connectivity index (χ1) is 16.2. The fourth-order valence-electron chi connectivity index (χ4n) is 11.1. The number of aliphatic hydroxyl groups is 2. The van der Waals surface area contributed by atoms with E-state index in [0.29, 0.717) is 31.1 Å². The smallest absolute Gasteiger partial charge is 0.338 e. The van der Waals surface area contributed by atoms with Crippen molar-refractivity contribution in [2.24, 2.45) is 39.4 Å². The summed E-state index contributed by atoms with van der Waals surface area (Å²) in [6.45, 7) is 10.1. The molecule has 0 unspecified atom stereocenters. The van der Waals surface area contributed by atoms with Gasteiger partial charge in [-0.3, -0.25) is 4.79 Å². The van der Waals surface area contributed by atoms with Crippen LogP contribution in [0.5, 0.6) is 0 Å². The van der Waals surface area contributed by atoms with Crippen LogP contribution in [-0.2, 0) is 19.1 Å². The van der Waals surface area contributed by atoms with E-state index in [-0.39, 0.29) is 28.8 Å². The normalized spacial score (nSPS) is 64.1. The van der Waals surface area contributed by atoms with Gasteiger partial charge in [0.25, 0.3) is 0 Å². The van der Waals surface area contributed by atoms with Gasteiger partial charge in [-0.1, -0.05) is 26.8 Å². The summed E-state index contributed by atoms with van der Waals surface area (Å²) in [6, 6.07) is 0. The second-order valence-corrected chi connectivity index (χ2v) is 14.5. The molecule has 2 bridgehead atoms. The van der Waals surface area contributed by atoms with E-state index in [4.69, 9.17) is 9.47 Å². The third-order valence-corrected chi connectivity index (χ3v) is 13.6. The van der Waals surface area contributed by atoms with Crippen molar-refractivity contribution in [3.05, 3.63) is 12.2 Å². The molecular formula is C29H40O6. The van der Waals surface area contributed by atoms with E-state index >= 15 is 0 Å². The Labute approximate surface area is 207 Å². The van der Waals surface area contributed by atoms with Crippen molar-refractivity contribution in [2.45, 2.75) is 115 Å². The number of fused-ring (bicyclic) bond motifs is 6. The molecule has 7 rings (SSSR count). The van der Waals surface area contributed by atoms with Gasteiger partial charge in [0.1, 0.15) is 11.7 Å². The van der Waals surface area contributed by atoms with Gasteiger partial charge in [0, 0.05) is 16.2 Å². The highest BCUT2D eigenvalue weighted by atomic mass is 16.6. The zero-order valence-electron chi connectivity index (χ0n) is 21.7. The van der Waals surface area contributed by atoms with Crippen molar-refractivity contribution in [2.75, 3.05) is 0 Å². The van der Waals surface area contributed by atoms with Crippen molar-refractivity contribution in [3.63, 3.8) is 0 Å². The van der Waals surface area contributed by atoms with Crippen LogP contribution in [0.4, 0.5) is 0 Å². The number of hydrogen-bond acceptors (Lipinski definition) is 6. The van der Waals surface area contributed by atoms with Gasteiger partial charge in [0.15, 0.2) is 11.4 Å². The molecule has 0 radical (unpaired) electrons. The van der Waals surface area contributed by atoms with Crippen LogP contribution in [0.15, 0.2) is 12.2 Å². The third-order valence-electron chi connectivity index (χ3n) is 13.6. The molecule has 2 N–H and O–H groups in total. The first-order valence-electron chi connectivity index (χ1n) is 13.7. The van der Waals surface area contributed by atoms with Crippen molar-refractivity contribution >= 4 is 11.8 Å². The maximum absolute atomic E-state index is 13.4. The van der Waals surface area contributed by atoms with Gasteiger partial charge in [-0.25, -0.2) is 4.79 Å². The van der Waals surface area contributed by atoms with Gasteiger partial charge in [0.05, 0.1) is 17.1 Å². The molecular weight excluding hydrogens is 444 g/mol. The first-order valence-corrected chi connectivity index (χ1v) is 13.7. The molecule has 35 heavy (non-hydrogen) atoms. The van der Waals surface area contributed by atoms with Crippen LogP contribution in [0.25, 0.3) is 0 Å². The highest BCUT2D eigenvalue weighted by Crippen LogP contribution is 2.76. The number of carbonyl (C=O) groups is 2. The fourth-order valence-corrected chi connectivity index (χ4v) is 11.1. The van der Waals surface area contributed by atoms with Crippen LogP contribution >= 0.6 is 0 Å². The van der Waals surface area contributed by atoms with E-state index < -0.39 is 39.5 Å². The van der Waals surface area contributed by atoms with E-state index in [0.717, 1.165) is 32.1 Å². The van der Waals surface area contributed by atoms with Gasteiger partial charge in [-0.2, -0.15) is 0 Å². The summed E-state index contributed by atoms with van der Waals surface area (Å²) in [4.78, 5) is 26.1. The number of rotatable bonds is 1. The molecule has 6 fully saturated rings. The Bertz CT molecular complexity index is 1080. The van der Waals surface area contributed by atoms with Crippen LogP contribution in [0.3, 0.4) is 0 Å². The van der Waals surface area contributed by atoms with E-state index in [9.17, 15) is 19.8 Å². The van der Waals surface area contributed by atoms with E-state index in [1.54, 1.807) is 13.0 Å². The standard InChI is InChI=1S/C29H40O6/c1-23-14-21(34-22(31)27(23,5)32)25(3,15-23)29(33)12-9-17-16-13-20-28(35-20)10-6-7-19(30)26(28,4)18(16)8-11-24(17,29)2/h6-7,16-18,20-21,32-33H,8-15H2,1-5H3/t16-,17-,18-,20+,21+,23-,24-,25+,26-,27-,28+,29+/m0/s1. The van der Waals surface area contributed by atoms with E-state index in [1.165, 1.54) is 0 Å². The highest BCUT2D eigenvalue weighted by molar-refractivity contribution is 5.97. The summed E-state index contributed by atoms with van der Waals surface area (Å²) in [6.07, 6.45) is 9.81. The minimum Gasteiger partial charge on any atom is -0.460 e. The quantitative estimate of drug-likeness (QED) is 0.435. The molecule has 12 atom stereocenters. The predicted octanol–water partition coefficient (Wildman–Crippen LogP) is 3.72. The van der Waals surface area contributed by atoms with Crippen LogP contribution in [0.2, 0.25) is 0 Å². The largest absolute Gasteiger partial charge is 0.460 e. The molecule has 0 aromatic carbocycles. The van der Waals surface area contributed by atoms with Crippen LogP contribution in [0, 0.1) is 39.4 Å². The topological polar surface area (TPSA) is 96.4 Å². The van der Waals surface area contributed by atoms with Gasteiger partial charge in [0.2, 0.25) is 0 Å². The van der Waals surface area contributed by atoms with E-state index in [2.05, 4.69) is 20.8 Å². The summed E-state index contributed by atoms with van der Waals surface area (Å²) < 4.78 is 12.3. The Morgan fingerprint density at radius 2 is 1.66 bits per heavy atom. The van der Waals surface area contributed by atoms with Gasteiger partial charge in [-0.15, -0.1) is 0 Å². The Morgan fingerprint density at radius 3 is 2.40 bits per heavy atom. The SMILES string of the molecule is C[C@@]12C[C@@H](OC(=O)[C@]1(C)O)[C@](C)([C@@]1(O)CC[C@H]3[C@@H]4C[C@H]5O[C@]56CC=CC(=O)[C@]6(C)[C@H]4CC[C@@]31C)C2. The molecule has 1 spiro atoms. The Hall–Kier alpha value is -1.24. The lowest BCUT2D eigenvalue weighted by molar-refractivity contribution is -0.219. The first kappa shape index (κ1) is 22.9. The van der Waals surface area contributed by atoms with Gasteiger partial charge >= 0.3 is 5.97 Å². The van der Waals surface area contributed by atoms with Crippen molar-refractivity contribution in [1.82, 2.24) is 0 Å². The molecule has 0 amide bonds. The lowest BCUT2D eigenvalue weighted by Crippen LogP contribution is -2.64. The highest BCUT2D eigenvalue weighted by Gasteiger charge is 2.80. The Morgan fingerprint density at radius 1 is 0.943 bits per heavy atom. The van der Waals surface area contributed by atoms with Crippen molar-refractivity contribution < 1.29 is 29.3 Å². The monoisotopic (exact) mass is 484 g/mol. The molecule has 192 valence electrons. The molecule has 2 heterocycles. The van der Waals surface area contributed by atoms with Crippen LogP contribution in [0.1, 0.15) is 86.0 Å². The zero-order chi connectivity index (χ0) is 25.0. The van der Waals surface area contributed by atoms with Crippen LogP contribution < -0.4 is 0 Å². The summed E-state index contributed by atoms with van der Waals surface area (Å²) in [5.41, 5.74) is -4.94. The number of allylic oxidation sites excluding steroid dienone is 1. The minimum absolute atomic E-state index is 0.134. The second-order valence-electron chi connectivity index (χ2n) is 14.5. The summed E-state index contributed by atoms with van der Waals surface area (Å²) in [5.74, 6) is 0.570. The van der Waals surface area contributed by atoms with Crippen molar-refractivity contribution in [1.29, 1.82) is 0 Å². The molecule has 5 aliphatic carbocycles. The summed E-state index contributed by atoms with van der Waals surface area (Å²) in [5, 5.41) is 23.8. The summed E-state index contributed by atoms with van der Waals surface area (Å²) in [7, 11) is 0. The van der Waals surface area contributed by atoms with E-state index in [1.807, 2.05) is 13.0 Å². The number of ketones is 1. The molecule has 0 aromatic rings. The molecule has 0 aromatic heterocycles. The third kappa shape index (κ3) is 2.16. The van der Waals surface area contributed by atoms with Gasteiger partial charge < -0.3 is 19.7 Å². The Kier molecular flexibility index (Phi) is 3.98. The maximum atomic E-state index is 13.4. The number of epoxide rings is 1. The number of hydrogen-bond donors (Lipinski definition) is 2. The summed E-state index contributed by atoms with van der Waals surface area (Å²) >= 11 is 0. The second kappa shape index (κ2) is 6.07. The van der Waals surface area contributed by atoms with Crippen LogP contribution in [-0.4, -0.2) is 51.0 Å². The lowest BCUT2D eigenvalue weighted by atomic mass is 9.43. The molecule has 2 aliphatic heterocycles. The molecule has 7 aliphatic rings. The average Bonchev–Trinajstić information content (AvgIpc) is 3.32. The molecule has 6 nitrogen and oxygen atoms in total. The Balaban J connectivity index is 1.27. The molecule has 6 heteroatoms. The predicted molar refractivity (Wildman–Crippen MR) is 127 cm³/mol. The van der Waals surface area contributed by atoms with Crippen molar-refractivity contribution in [3.8, 4) is 0 Å². The number of esters is 1. The number of carbonyl (C=O) groups excluding carboxylic acids is 2. The zero-order valence-corrected chi connectivity index (χ0v) is 21.7. The molecule has 2 saturated heterocycles. The minimum atomic E-state index is -1.55. The number of ether oxygens (including phenoxy) is 2. The fraction of sp³-hybridized carbons (Fsp3) is 0.862. The lowest BCUT2D eigenvalue weighted by Gasteiger charge is -2.61. The maximum Gasteiger partial charge on any atom is 0.338 e. The van der Waals surface area contributed by atoms with Gasteiger partial charge in [-0.05, 0) is 89.0 Å².